The zero-order valence-corrected chi connectivity index (χ0v) is 12.2. The number of esters is 1. The summed E-state index contributed by atoms with van der Waals surface area (Å²) in [6.07, 6.45) is 3.34. The van der Waals surface area contributed by atoms with E-state index in [0.717, 1.165) is 0 Å². The first-order valence-electron chi connectivity index (χ1n) is 6.55. The molecule has 6 nitrogen and oxygen atoms in total. The average molecular weight is 287 g/mol. The summed E-state index contributed by atoms with van der Waals surface area (Å²) in [4.78, 5) is 23.6. The fourth-order valence-corrected chi connectivity index (χ4v) is 1.79. The number of aromatic nitrogens is 2. The third-order valence-corrected chi connectivity index (χ3v) is 2.93. The lowest BCUT2D eigenvalue weighted by molar-refractivity contribution is 0.0600. The number of anilines is 1. The molecule has 0 aliphatic rings. The van der Waals surface area contributed by atoms with Crippen molar-refractivity contribution in [3.05, 3.63) is 47.8 Å². The molecule has 1 N–H and O–H groups in total. The first kappa shape index (κ1) is 14.8. The number of carbonyl (C=O) groups is 2. The van der Waals surface area contributed by atoms with E-state index in [9.17, 15) is 9.59 Å². The van der Waals surface area contributed by atoms with Gasteiger partial charge in [-0.1, -0.05) is 6.07 Å². The van der Waals surface area contributed by atoms with Crippen LogP contribution in [0.15, 0.2) is 36.7 Å². The average Bonchev–Trinajstić information content (AvgIpc) is 2.95. The highest BCUT2D eigenvalue weighted by atomic mass is 16.5. The lowest BCUT2D eigenvalue weighted by atomic mass is 10.1. The van der Waals surface area contributed by atoms with E-state index in [-0.39, 0.29) is 11.9 Å². The Balaban J connectivity index is 2.14. The zero-order chi connectivity index (χ0) is 15.4. The molecule has 1 aromatic heterocycles. The maximum Gasteiger partial charge on any atom is 0.337 e. The molecule has 0 aliphatic heterocycles. The van der Waals surface area contributed by atoms with Crippen molar-refractivity contribution in [2.75, 3.05) is 12.4 Å². The number of methoxy groups -OCH3 is 1. The summed E-state index contributed by atoms with van der Waals surface area (Å²) in [5, 5.41) is 6.89. The molecule has 2 rings (SSSR count). The molecule has 0 fully saturated rings. The molecule has 0 aliphatic carbocycles. The van der Waals surface area contributed by atoms with Gasteiger partial charge < -0.3 is 10.1 Å². The number of hydrogen-bond acceptors (Lipinski definition) is 4. The molecule has 1 aromatic carbocycles. The van der Waals surface area contributed by atoms with E-state index < -0.39 is 5.97 Å². The molecular weight excluding hydrogens is 270 g/mol. The van der Waals surface area contributed by atoms with Crippen LogP contribution in [0.2, 0.25) is 0 Å². The molecule has 0 atom stereocenters. The number of nitrogens with one attached hydrogen (secondary N) is 1. The van der Waals surface area contributed by atoms with E-state index in [0.29, 0.717) is 16.8 Å². The van der Waals surface area contributed by atoms with Crippen molar-refractivity contribution in [1.29, 1.82) is 0 Å². The van der Waals surface area contributed by atoms with Gasteiger partial charge in [0, 0.05) is 17.8 Å². The number of hydrogen-bond donors (Lipinski definition) is 1. The molecule has 21 heavy (non-hydrogen) atoms. The molecule has 0 spiro atoms. The second kappa shape index (κ2) is 6.21. The fourth-order valence-electron chi connectivity index (χ4n) is 1.79. The largest absolute Gasteiger partial charge is 0.465 e. The van der Waals surface area contributed by atoms with Gasteiger partial charge in [-0.05, 0) is 32.0 Å². The minimum absolute atomic E-state index is 0.221. The highest BCUT2D eigenvalue weighted by Crippen LogP contribution is 2.13. The van der Waals surface area contributed by atoms with Crippen LogP contribution in [0.1, 0.15) is 40.6 Å². The van der Waals surface area contributed by atoms with Crippen molar-refractivity contribution >= 4 is 17.6 Å². The summed E-state index contributed by atoms with van der Waals surface area (Å²) in [6, 6.07) is 6.58. The molecule has 0 saturated carbocycles. The fraction of sp³-hybridized carbons (Fsp3) is 0.267. The van der Waals surface area contributed by atoms with Gasteiger partial charge in [0.05, 0.1) is 24.6 Å². The van der Waals surface area contributed by atoms with Crippen molar-refractivity contribution < 1.29 is 14.3 Å². The Morgan fingerprint density at radius 1 is 1.29 bits per heavy atom. The van der Waals surface area contributed by atoms with E-state index in [2.05, 4.69) is 15.2 Å². The SMILES string of the molecule is COC(=O)c1cccc(C(=O)Nc2cnn(C(C)C)c2)c1. The minimum Gasteiger partial charge on any atom is -0.465 e. The topological polar surface area (TPSA) is 73.2 Å². The Morgan fingerprint density at radius 2 is 2.00 bits per heavy atom. The molecular formula is C15H17N3O3. The van der Waals surface area contributed by atoms with Crippen molar-refractivity contribution in [3.8, 4) is 0 Å². The summed E-state index contributed by atoms with van der Waals surface area (Å²) < 4.78 is 6.39. The predicted octanol–water partition coefficient (Wildman–Crippen LogP) is 2.50. The highest BCUT2D eigenvalue weighted by molar-refractivity contribution is 6.05. The van der Waals surface area contributed by atoms with Crippen molar-refractivity contribution in [2.45, 2.75) is 19.9 Å². The Kier molecular flexibility index (Phi) is 4.37. The molecule has 0 unspecified atom stereocenters. The van der Waals surface area contributed by atoms with Gasteiger partial charge in [0.1, 0.15) is 0 Å². The van der Waals surface area contributed by atoms with Gasteiger partial charge in [-0.15, -0.1) is 0 Å². The van der Waals surface area contributed by atoms with Crippen LogP contribution in [-0.2, 0) is 4.74 Å². The van der Waals surface area contributed by atoms with Crippen LogP contribution in [0.25, 0.3) is 0 Å². The molecule has 0 radical (unpaired) electrons. The third-order valence-electron chi connectivity index (χ3n) is 2.93. The number of nitrogens with zero attached hydrogens (tertiary/aromatic N) is 2. The Bertz CT molecular complexity index is 662. The summed E-state index contributed by atoms with van der Waals surface area (Å²) in [5.41, 5.74) is 1.33. The van der Waals surface area contributed by atoms with E-state index in [1.165, 1.54) is 13.2 Å². The standard InChI is InChI=1S/C15H17N3O3/c1-10(2)18-9-13(8-16-18)17-14(19)11-5-4-6-12(7-11)15(20)21-3/h4-10H,1-3H3,(H,17,19). The van der Waals surface area contributed by atoms with Crippen LogP contribution in [-0.4, -0.2) is 28.8 Å². The zero-order valence-electron chi connectivity index (χ0n) is 12.2. The van der Waals surface area contributed by atoms with E-state index in [4.69, 9.17) is 0 Å². The van der Waals surface area contributed by atoms with Crippen LogP contribution < -0.4 is 5.32 Å². The lowest BCUT2D eigenvalue weighted by Crippen LogP contribution is -2.12. The second-order valence-corrected chi connectivity index (χ2v) is 4.83. The molecule has 1 heterocycles. The van der Waals surface area contributed by atoms with Gasteiger partial charge in [-0.25, -0.2) is 4.79 Å². The van der Waals surface area contributed by atoms with Gasteiger partial charge in [-0.3, -0.25) is 9.48 Å². The molecule has 6 heteroatoms. The molecule has 0 saturated heterocycles. The summed E-state index contributed by atoms with van der Waals surface area (Å²) >= 11 is 0. The lowest BCUT2D eigenvalue weighted by Gasteiger charge is -2.05. The van der Waals surface area contributed by atoms with Crippen LogP contribution in [0.3, 0.4) is 0 Å². The smallest absolute Gasteiger partial charge is 0.337 e. The molecule has 110 valence electrons. The van der Waals surface area contributed by atoms with Crippen LogP contribution in [0, 0.1) is 0 Å². The van der Waals surface area contributed by atoms with Crippen molar-refractivity contribution in [3.63, 3.8) is 0 Å². The number of amides is 1. The van der Waals surface area contributed by atoms with Crippen LogP contribution >= 0.6 is 0 Å². The summed E-state index contributed by atoms with van der Waals surface area (Å²) in [7, 11) is 1.30. The van der Waals surface area contributed by atoms with E-state index in [1.54, 1.807) is 35.3 Å². The molecule has 1 amide bonds. The highest BCUT2D eigenvalue weighted by Gasteiger charge is 2.12. The van der Waals surface area contributed by atoms with Crippen LogP contribution in [0.4, 0.5) is 5.69 Å². The van der Waals surface area contributed by atoms with Crippen molar-refractivity contribution in [2.24, 2.45) is 0 Å². The number of benzene rings is 1. The Labute approximate surface area is 122 Å². The van der Waals surface area contributed by atoms with Crippen molar-refractivity contribution in [1.82, 2.24) is 9.78 Å². The Hall–Kier alpha value is -2.63. The monoisotopic (exact) mass is 287 g/mol. The number of carbonyl (C=O) groups excluding carboxylic acids is 2. The van der Waals surface area contributed by atoms with Gasteiger partial charge in [0.2, 0.25) is 0 Å². The van der Waals surface area contributed by atoms with E-state index in [1.807, 2.05) is 13.8 Å². The summed E-state index contributed by atoms with van der Waals surface area (Å²) in [5.74, 6) is -0.777. The van der Waals surface area contributed by atoms with Gasteiger partial charge in [-0.2, -0.15) is 5.10 Å². The molecule has 0 bridgehead atoms. The Morgan fingerprint density at radius 3 is 2.62 bits per heavy atom. The van der Waals surface area contributed by atoms with E-state index >= 15 is 0 Å². The van der Waals surface area contributed by atoms with Crippen LogP contribution in [0.5, 0.6) is 0 Å². The number of rotatable bonds is 4. The third kappa shape index (κ3) is 3.47. The number of ether oxygens (including phenoxy) is 1. The first-order chi connectivity index (χ1) is 10.0. The van der Waals surface area contributed by atoms with Gasteiger partial charge in [0.15, 0.2) is 0 Å². The normalized spacial score (nSPS) is 10.5. The maximum absolute atomic E-state index is 12.2. The first-order valence-corrected chi connectivity index (χ1v) is 6.55. The minimum atomic E-state index is -0.475. The van der Waals surface area contributed by atoms with Gasteiger partial charge in [0.25, 0.3) is 5.91 Å². The van der Waals surface area contributed by atoms with Gasteiger partial charge >= 0.3 is 5.97 Å². The second-order valence-electron chi connectivity index (χ2n) is 4.83. The molecule has 2 aromatic rings. The quantitative estimate of drug-likeness (QED) is 0.877. The summed E-state index contributed by atoms with van der Waals surface area (Å²) in [6.45, 7) is 4.00. The maximum atomic E-state index is 12.2. The predicted molar refractivity (Wildman–Crippen MR) is 78.3 cm³/mol.